The predicted octanol–water partition coefficient (Wildman–Crippen LogP) is 2.59. The van der Waals surface area contributed by atoms with Crippen molar-refractivity contribution in [2.75, 3.05) is 13.1 Å². The summed E-state index contributed by atoms with van der Waals surface area (Å²) in [7, 11) is 0. The van der Waals surface area contributed by atoms with E-state index in [4.69, 9.17) is 0 Å². The summed E-state index contributed by atoms with van der Waals surface area (Å²) < 4.78 is 13.4. The van der Waals surface area contributed by atoms with Gasteiger partial charge in [0.05, 0.1) is 16.8 Å². The van der Waals surface area contributed by atoms with Crippen LogP contribution in [0.25, 0.3) is 11.3 Å². The molecule has 1 aliphatic heterocycles. The zero-order valence-corrected chi connectivity index (χ0v) is 11.3. The molecule has 0 atom stereocenters. The van der Waals surface area contributed by atoms with Crippen LogP contribution in [0.4, 0.5) is 10.1 Å². The van der Waals surface area contributed by atoms with E-state index < -0.39 is 16.4 Å². The number of aromatic nitrogens is 2. The van der Waals surface area contributed by atoms with E-state index in [1.54, 1.807) is 6.20 Å². The summed E-state index contributed by atoms with van der Waals surface area (Å²) in [5.74, 6) is 0.427. The molecule has 21 heavy (non-hydrogen) atoms. The number of rotatable bonds is 3. The fourth-order valence-corrected chi connectivity index (χ4v) is 2.61. The molecule has 0 spiro atoms. The number of halogens is 1. The van der Waals surface area contributed by atoms with Crippen molar-refractivity contribution in [1.29, 1.82) is 0 Å². The molecule has 0 unspecified atom stereocenters. The molecule has 2 aromatic rings. The third kappa shape index (κ3) is 2.78. The molecule has 110 valence electrons. The average molecular weight is 290 g/mol. The normalized spacial score (nSPS) is 16.0. The van der Waals surface area contributed by atoms with Crippen molar-refractivity contribution in [3.8, 4) is 11.3 Å². The van der Waals surface area contributed by atoms with Crippen LogP contribution in [0.1, 0.15) is 24.6 Å². The second-order valence-corrected chi connectivity index (χ2v) is 5.13. The lowest BCUT2D eigenvalue weighted by molar-refractivity contribution is -0.387. The number of nitro benzene ring substituents is 1. The molecule has 0 amide bonds. The zero-order valence-electron chi connectivity index (χ0n) is 11.3. The van der Waals surface area contributed by atoms with Gasteiger partial charge in [0.1, 0.15) is 5.82 Å². The third-order valence-corrected chi connectivity index (χ3v) is 3.78. The van der Waals surface area contributed by atoms with E-state index in [2.05, 4.69) is 15.3 Å². The molecule has 2 N–H and O–H groups in total. The lowest BCUT2D eigenvalue weighted by Crippen LogP contribution is -2.27. The third-order valence-electron chi connectivity index (χ3n) is 3.78. The smallest absolute Gasteiger partial charge is 0.305 e. The van der Waals surface area contributed by atoms with Crippen LogP contribution in [0.3, 0.4) is 0 Å². The highest BCUT2D eigenvalue weighted by molar-refractivity contribution is 5.62. The van der Waals surface area contributed by atoms with Crippen molar-refractivity contribution in [2.45, 2.75) is 18.8 Å². The van der Waals surface area contributed by atoms with E-state index in [-0.39, 0.29) is 0 Å². The Bertz CT molecular complexity index is 665. The SMILES string of the molecule is O=[N+]([O-])c1cc(-c2cnc(C3CCNCC3)[nH]2)ccc1F. The summed E-state index contributed by atoms with van der Waals surface area (Å²) in [4.78, 5) is 17.6. The van der Waals surface area contributed by atoms with Crippen LogP contribution in [0, 0.1) is 15.9 Å². The first-order valence-electron chi connectivity index (χ1n) is 6.85. The van der Waals surface area contributed by atoms with Gasteiger partial charge in [-0.2, -0.15) is 4.39 Å². The Morgan fingerprint density at radius 3 is 2.81 bits per heavy atom. The van der Waals surface area contributed by atoms with Gasteiger partial charge in [0.2, 0.25) is 5.82 Å². The number of H-pyrrole nitrogens is 1. The number of benzene rings is 1. The Labute approximate surface area is 120 Å². The topological polar surface area (TPSA) is 83.8 Å². The summed E-state index contributed by atoms with van der Waals surface area (Å²) >= 11 is 0. The standard InChI is InChI=1S/C14H15FN4O2/c15-11-2-1-10(7-13(11)19(20)21)12-8-17-14(18-12)9-3-5-16-6-4-9/h1-2,7-9,16H,3-6H2,(H,17,18). The number of nitrogens with one attached hydrogen (secondary N) is 2. The Balaban J connectivity index is 1.89. The minimum atomic E-state index is -0.832. The molecule has 6 nitrogen and oxygen atoms in total. The maximum atomic E-state index is 13.4. The van der Waals surface area contributed by atoms with Crippen LogP contribution >= 0.6 is 0 Å². The van der Waals surface area contributed by atoms with Crippen LogP contribution in [0.2, 0.25) is 0 Å². The van der Waals surface area contributed by atoms with Crippen molar-refractivity contribution in [2.24, 2.45) is 0 Å². The van der Waals surface area contributed by atoms with Crippen LogP contribution < -0.4 is 5.32 Å². The number of piperidine rings is 1. The van der Waals surface area contributed by atoms with E-state index in [1.807, 2.05) is 0 Å². The second-order valence-electron chi connectivity index (χ2n) is 5.13. The Morgan fingerprint density at radius 2 is 2.10 bits per heavy atom. The van der Waals surface area contributed by atoms with Gasteiger partial charge in [0.25, 0.3) is 0 Å². The van der Waals surface area contributed by atoms with Gasteiger partial charge in [-0.05, 0) is 38.1 Å². The van der Waals surface area contributed by atoms with Gasteiger partial charge in [-0.15, -0.1) is 0 Å². The summed E-state index contributed by atoms with van der Waals surface area (Å²) in [5.41, 5.74) is 0.716. The van der Waals surface area contributed by atoms with Gasteiger partial charge in [-0.1, -0.05) is 0 Å². The van der Waals surface area contributed by atoms with E-state index in [9.17, 15) is 14.5 Å². The minimum Gasteiger partial charge on any atom is -0.342 e. The largest absolute Gasteiger partial charge is 0.342 e. The van der Waals surface area contributed by atoms with Crippen molar-refractivity contribution in [3.63, 3.8) is 0 Å². The highest BCUT2D eigenvalue weighted by Crippen LogP contribution is 2.28. The highest BCUT2D eigenvalue weighted by atomic mass is 19.1. The second kappa shape index (κ2) is 5.61. The maximum Gasteiger partial charge on any atom is 0.305 e. The number of nitro groups is 1. The summed E-state index contributed by atoms with van der Waals surface area (Å²) in [6, 6.07) is 3.86. The molecule has 0 radical (unpaired) electrons. The van der Waals surface area contributed by atoms with Crippen molar-refractivity contribution < 1.29 is 9.31 Å². The molecule has 2 heterocycles. The Morgan fingerprint density at radius 1 is 1.33 bits per heavy atom. The Hall–Kier alpha value is -2.28. The first-order chi connectivity index (χ1) is 10.1. The molecular weight excluding hydrogens is 275 g/mol. The number of nitrogens with zero attached hydrogens (tertiary/aromatic N) is 2. The maximum absolute atomic E-state index is 13.4. The minimum absolute atomic E-state index is 0.371. The quantitative estimate of drug-likeness (QED) is 0.672. The van der Waals surface area contributed by atoms with Crippen molar-refractivity contribution >= 4 is 5.69 Å². The molecule has 0 aliphatic carbocycles. The van der Waals surface area contributed by atoms with E-state index in [0.29, 0.717) is 17.2 Å². The fraction of sp³-hybridized carbons (Fsp3) is 0.357. The monoisotopic (exact) mass is 290 g/mol. The molecule has 7 heteroatoms. The fourth-order valence-electron chi connectivity index (χ4n) is 2.61. The van der Waals surface area contributed by atoms with Gasteiger partial charge in [0.15, 0.2) is 0 Å². The van der Waals surface area contributed by atoms with E-state index in [0.717, 1.165) is 37.8 Å². The number of hydrogen-bond acceptors (Lipinski definition) is 4. The van der Waals surface area contributed by atoms with Gasteiger partial charge in [-0.25, -0.2) is 4.98 Å². The first-order valence-corrected chi connectivity index (χ1v) is 6.85. The summed E-state index contributed by atoms with van der Waals surface area (Å²) in [6.45, 7) is 1.92. The lowest BCUT2D eigenvalue weighted by Gasteiger charge is -2.20. The molecule has 0 saturated carbocycles. The highest BCUT2D eigenvalue weighted by Gasteiger charge is 2.20. The molecule has 1 fully saturated rings. The molecule has 0 bridgehead atoms. The van der Waals surface area contributed by atoms with Crippen LogP contribution in [0.5, 0.6) is 0 Å². The lowest BCUT2D eigenvalue weighted by atomic mass is 9.98. The van der Waals surface area contributed by atoms with Crippen LogP contribution in [0.15, 0.2) is 24.4 Å². The zero-order chi connectivity index (χ0) is 14.8. The first kappa shape index (κ1) is 13.7. The van der Waals surface area contributed by atoms with Gasteiger partial charge in [-0.3, -0.25) is 10.1 Å². The van der Waals surface area contributed by atoms with Crippen LogP contribution in [-0.4, -0.2) is 28.0 Å². The van der Waals surface area contributed by atoms with Crippen molar-refractivity contribution in [3.05, 3.63) is 46.2 Å². The Kier molecular flexibility index (Phi) is 3.66. The van der Waals surface area contributed by atoms with Gasteiger partial charge >= 0.3 is 5.69 Å². The predicted molar refractivity (Wildman–Crippen MR) is 75.5 cm³/mol. The molecule has 3 rings (SSSR count). The van der Waals surface area contributed by atoms with Gasteiger partial charge < -0.3 is 10.3 Å². The number of imidazole rings is 1. The molecule has 1 saturated heterocycles. The molecule has 1 aliphatic rings. The molecule has 1 aromatic carbocycles. The molecule has 1 aromatic heterocycles. The number of hydrogen-bond donors (Lipinski definition) is 2. The van der Waals surface area contributed by atoms with Crippen LogP contribution in [-0.2, 0) is 0 Å². The van der Waals surface area contributed by atoms with Crippen molar-refractivity contribution in [1.82, 2.24) is 15.3 Å². The summed E-state index contributed by atoms with van der Waals surface area (Å²) in [6.07, 6.45) is 3.67. The van der Waals surface area contributed by atoms with Gasteiger partial charge in [0, 0.05) is 17.5 Å². The molecular formula is C14H15FN4O2. The van der Waals surface area contributed by atoms with E-state index in [1.165, 1.54) is 12.1 Å². The van der Waals surface area contributed by atoms with E-state index >= 15 is 0 Å². The average Bonchev–Trinajstić information content (AvgIpc) is 2.98. The number of aromatic amines is 1. The summed E-state index contributed by atoms with van der Waals surface area (Å²) in [5, 5.41) is 14.1.